The predicted molar refractivity (Wildman–Crippen MR) is 82.7 cm³/mol. The lowest BCUT2D eigenvalue weighted by atomic mass is 9.51. The van der Waals surface area contributed by atoms with E-state index in [9.17, 15) is 9.90 Å². The van der Waals surface area contributed by atoms with E-state index >= 15 is 0 Å². The van der Waals surface area contributed by atoms with Crippen molar-refractivity contribution < 1.29 is 9.90 Å². The maximum Gasteiger partial charge on any atom is 0.155 e. The predicted octanol–water partition coefficient (Wildman–Crippen LogP) is 3.88. The van der Waals surface area contributed by atoms with Gasteiger partial charge in [0.15, 0.2) is 5.78 Å². The van der Waals surface area contributed by atoms with Crippen LogP contribution in [0.5, 0.6) is 0 Å². The van der Waals surface area contributed by atoms with Gasteiger partial charge >= 0.3 is 0 Å². The van der Waals surface area contributed by atoms with E-state index < -0.39 is 5.60 Å². The van der Waals surface area contributed by atoms with E-state index in [2.05, 4.69) is 13.8 Å². The van der Waals surface area contributed by atoms with Crippen molar-refractivity contribution in [2.75, 3.05) is 0 Å². The number of allylic oxidation sites excluding steroid dienone is 1. The van der Waals surface area contributed by atoms with Gasteiger partial charge in [-0.25, -0.2) is 0 Å². The lowest BCUT2D eigenvalue weighted by Crippen LogP contribution is -2.51. The van der Waals surface area contributed by atoms with Gasteiger partial charge in [-0.15, -0.1) is 0 Å². The Hall–Kier alpha value is -0.630. The molecule has 3 fully saturated rings. The maximum absolute atomic E-state index is 11.7. The van der Waals surface area contributed by atoms with Crippen molar-refractivity contribution in [1.29, 1.82) is 0 Å². The van der Waals surface area contributed by atoms with Gasteiger partial charge in [-0.3, -0.25) is 4.79 Å². The first kappa shape index (κ1) is 14.0. The van der Waals surface area contributed by atoms with Gasteiger partial charge < -0.3 is 5.11 Å². The average Bonchev–Trinajstić information content (AvgIpc) is 2.69. The van der Waals surface area contributed by atoms with Crippen molar-refractivity contribution in [2.24, 2.45) is 29.1 Å². The average molecular weight is 288 g/mol. The van der Waals surface area contributed by atoms with E-state index in [0.717, 1.165) is 37.5 Å². The third-order valence-corrected chi connectivity index (χ3v) is 7.86. The smallest absolute Gasteiger partial charge is 0.155 e. The summed E-state index contributed by atoms with van der Waals surface area (Å²) in [4.78, 5) is 11.7. The fourth-order valence-corrected chi connectivity index (χ4v) is 6.42. The zero-order valence-corrected chi connectivity index (χ0v) is 13.4. The molecule has 2 heteroatoms. The zero-order valence-electron chi connectivity index (χ0n) is 13.4. The van der Waals surface area contributed by atoms with Crippen molar-refractivity contribution in [3.63, 3.8) is 0 Å². The van der Waals surface area contributed by atoms with E-state index in [0.29, 0.717) is 17.6 Å². The minimum Gasteiger partial charge on any atom is -0.390 e. The molecule has 0 aromatic carbocycles. The highest BCUT2D eigenvalue weighted by Crippen LogP contribution is 2.64. The van der Waals surface area contributed by atoms with E-state index in [1.54, 1.807) is 0 Å². The molecule has 0 aliphatic heterocycles. The number of rotatable bonds is 0. The van der Waals surface area contributed by atoms with Crippen LogP contribution in [-0.2, 0) is 4.79 Å². The van der Waals surface area contributed by atoms with Crippen LogP contribution in [-0.4, -0.2) is 16.5 Å². The molecule has 0 spiro atoms. The van der Waals surface area contributed by atoms with E-state index in [1.165, 1.54) is 31.3 Å². The van der Waals surface area contributed by atoms with Gasteiger partial charge in [0.05, 0.1) is 5.60 Å². The first-order valence-electron chi connectivity index (χ1n) is 8.88. The minimum atomic E-state index is -0.471. The highest BCUT2D eigenvalue weighted by Gasteiger charge is 2.60. The molecule has 0 bridgehead atoms. The van der Waals surface area contributed by atoms with E-state index in [4.69, 9.17) is 0 Å². The van der Waals surface area contributed by atoms with Gasteiger partial charge in [0, 0.05) is 6.42 Å². The van der Waals surface area contributed by atoms with Crippen molar-refractivity contribution in [1.82, 2.24) is 0 Å². The number of carbonyl (C=O) groups excluding carboxylic acids is 1. The zero-order chi connectivity index (χ0) is 14.8. The Morgan fingerprint density at radius 2 is 1.86 bits per heavy atom. The van der Waals surface area contributed by atoms with Crippen molar-refractivity contribution in [3.05, 3.63) is 11.6 Å². The summed E-state index contributed by atoms with van der Waals surface area (Å²) in [6.45, 7) is 4.41. The van der Waals surface area contributed by atoms with Crippen LogP contribution in [0.4, 0.5) is 0 Å². The Bertz CT molecular complexity index is 504. The molecule has 0 aromatic rings. The second kappa shape index (κ2) is 4.44. The van der Waals surface area contributed by atoms with Gasteiger partial charge in [0.25, 0.3) is 0 Å². The fourth-order valence-electron chi connectivity index (χ4n) is 6.42. The molecule has 3 saturated carbocycles. The van der Waals surface area contributed by atoms with Crippen molar-refractivity contribution in [3.8, 4) is 0 Å². The van der Waals surface area contributed by atoms with Gasteiger partial charge in [-0.05, 0) is 87.0 Å². The number of aliphatic hydroxyl groups is 1. The molecule has 4 aliphatic carbocycles. The summed E-state index contributed by atoms with van der Waals surface area (Å²) in [5.74, 6) is 3.30. The summed E-state index contributed by atoms with van der Waals surface area (Å²) < 4.78 is 0. The van der Waals surface area contributed by atoms with Crippen LogP contribution in [0.25, 0.3) is 0 Å². The molecule has 0 amide bonds. The summed E-state index contributed by atoms with van der Waals surface area (Å²) >= 11 is 0. The monoisotopic (exact) mass is 288 g/mol. The van der Waals surface area contributed by atoms with Crippen molar-refractivity contribution in [2.45, 2.75) is 70.8 Å². The van der Waals surface area contributed by atoms with Crippen molar-refractivity contribution >= 4 is 5.78 Å². The lowest BCUT2D eigenvalue weighted by Gasteiger charge is -2.55. The minimum absolute atomic E-state index is 0.125. The highest BCUT2D eigenvalue weighted by molar-refractivity contribution is 5.91. The maximum atomic E-state index is 11.7. The first-order chi connectivity index (χ1) is 9.92. The van der Waals surface area contributed by atoms with Gasteiger partial charge in [0.1, 0.15) is 0 Å². The van der Waals surface area contributed by atoms with E-state index in [-0.39, 0.29) is 5.41 Å². The third kappa shape index (κ3) is 1.84. The molecule has 0 radical (unpaired) electrons. The summed E-state index contributed by atoms with van der Waals surface area (Å²) in [6, 6.07) is 0. The van der Waals surface area contributed by atoms with Gasteiger partial charge in [-0.2, -0.15) is 0 Å². The number of fused-ring (bicyclic) bond motifs is 5. The molecule has 4 rings (SSSR count). The Kier molecular flexibility index (Phi) is 2.96. The van der Waals surface area contributed by atoms with Crippen LogP contribution < -0.4 is 0 Å². The molecular weight excluding hydrogens is 260 g/mol. The summed E-state index contributed by atoms with van der Waals surface area (Å²) in [6.07, 6.45) is 10.8. The van der Waals surface area contributed by atoms with Gasteiger partial charge in [0.2, 0.25) is 0 Å². The van der Waals surface area contributed by atoms with Crippen LogP contribution >= 0.6 is 0 Å². The number of hydrogen-bond acceptors (Lipinski definition) is 2. The second-order valence-electron chi connectivity index (χ2n) is 8.57. The second-order valence-corrected chi connectivity index (χ2v) is 8.57. The molecule has 2 nitrogen and oxygen atoms in total. The largest absolute Gasteiger partial charge is 0.390 e. The Balaban J connectivity index is 1.64. The number of carbonyl (C=O) groups is 1. The molecule has 0 aromatic heterocycles. The normalized spacial score (nSPS) is 52.7. The topological polar surface area (TPSA) is 37.3 Å². The molecular formula is C19H28O2. The molecule has 0 saturated heterocycles. The lowest BCUT2D eigenvalue weighted by molar-refractivity contribution is -0.117. The van der Waals surface area contributed by atoms with Crippen LogP contribution in [0.3, 0.4) is 0 Å². The molecule has 0 unspecified atom stereocenters. The standard InChI is InChI=1S/C19H28O2/c1-18-9-7-15-14-6-4-13(20)11-12(14)3-5-16(15)17(18)8-10-19(18,2)21/h11,14-17,21H,3-10H2,1-2H3/t14-,15-,16-,17-,18+,19+/m1/s1. The molecule has 6 atom stereocenters. The Morgan fingerprint density at radius 3 is 2.67 bits per heavy atom. The van der Waals surface area contributed by atoms with Gasteiger partial charge in [-0.1, -0.05) is 12.5 Å². The molecule has 4 aliphatic rings. The Labute approximate surface area is 128 Å². The summed E-state index contributed by atoms with van der Waals surface area (Å²) in [7, 11) is 0. The molecule has 1 N–H and O–H groups in total. The molecule has 21 heavy (non-hydrogen) atoms. The Morgan fingerprint density at radius 1 is 1.05 bits per heavy atom. The summed E-state index contributed by atoms with van der Waals surface area (Å²) in [5.41, 5.74) is 1.11. The quantitative estimate of drug-likeness (QED) is 0.734. The first-order valence-corrected chi connectivity index (χ1v) is 8.88. The fraction of sp³-hybridized carbons (Fsp3) is 0.842. The van der Waals surface area contributed by atoms with Crippen LogP contribution in [0.15, 0.2) is 11.6 Å². The SMILES string of the molecule is C[C@]1(O)CC[C@@H]2[C@@H]3CCC4=CC(=O)CC[C@H]4[C@H]3CC[C@@]21C. The highest BCUT2D eigenvalue weighted by atomic mass is 16.3. The molecule has 0 heterocycles. The van der Waals surface area contributed by atoms with E-state index in [1.807, 2.05) is 6.08 Å². The van der Waals surface area contributed by atoms with Crippen LogP contribution in [0.1, 0.15) is 65.2 Å². The third-order valence-electron chi connectivity index (χ3n) is 7.86. The summed E-state index contributed by atoms with van der Waals surface area (Å²) in [5, 5.41) is 10.9. The number of hydrogen-bond donors (Lipinski definition) is 1. The molecule has 116 valence electrons. The van der Waals surface area contributed by atoms with Crippen LogP contribution in [0, 0.1) is 29.1 Å². The number of ketones is 1. The van der Waals surface area contributed by atoms with Crippen LogP contribution in [0.2, 0.25) is 0 Å².